The maximum Gasteiger partial charge on any atom is -0.0533 e. The van der Waals surface area contributed by atoms with Gasteiger partial charge in [-0.15, -0.1) is 0 Å². The standard InChI is InChI=1S/C4H9.H2O2.Sn.H/c1-3-4-2;1-2;;/h1,3-4H2,2H3;1-2H;;/q;;+1;/p-1. The van der Waals surface area contributed by atoms with Gasteiger partial charge >= 0.3 is 31.4 Å². The fraction of sp³-hybridized carbons (Fsp3) is 0.750. The molecule has 3 radical (unpaired) electrons. The Bertz CT molecular complexity index is 17.2. The van der Waals surface area contributed by atoms with Gasteiger partial charge in [0.25, 0.3) is 0 Å². The molecule has 0 bridgehead atoms. The van der Waals surface area contributed by atoms with E-state index in [0.29, 0.717) is 22.9 Å². The molecule has 0 heterocycles. The number of hydrogen-bond acceptors (Lipinski definition) is 2. The van der Waals surface area contributed by atoms with Gasteiger partial charge in [0.2, 0.25) is 0 Å². The van der Waals surface area contributed by atoms with Crippen molar-refractivity contribution in [3.8, 4) is 0 Å². The molecule has 3 heteroatoms. The Labute approximate surface area is 58.4 Å². The SMILES string of the molecule is O[O][SnH].[CH2]CCC. The van der Waals surface area contributed by atoms with E-state index in [9.17, 15) is 0 Å². The van der Waals surface area contributed by atoms with Crippen LogP contribution in [0.3, 0.4) is 0 Å². The van der Waals surface area contributed by atoms with E-state index in [1.807, 2.05) is 0 Å². The first-order valence-corrected chi connectivity index (χ1v) is 3.47. The van der Waals surface area contributed by atoms with Crippen LogP contribution in [0.25, 0.3) is 0 Å². The third kappa shape index (κ3) is 50.6. The first-order chi connectivity index (χ1) is 3.33. The Hall–Kier alpha value is 0.719. The van der Waals surface area contributed by atoms with Crippen LogP contribution in [0.15, 0.2) is 0 Å². The van der Waals surface area contributed by atoms with Crippen molar-refractivity contribution in [1.82, 2.24) is 0 Å². The van der Waals surface area contributed by atoms with E-state index in [2.05, 4.69) is 17.1 Å². The zero-order chi connectivity index (χ0) is 6.12. The molecule has 0 saturated heterocycles. The van der Waals surface area contributed by atoms with E-state index >= 15 is 0 Å². The number of hydrogen-bond donors (Lipinski definition) is 1. The quantitative estimate of drug-likeness (QED) is 0.396. The van der Waals surface area contributed by atoms with Gasteiger partial charge in [0.05, 0.1) is 0 Å². The molecule has 43 valence electrons. The Kier molecular flexibility index (Phi) is 24.2. The molecule has 0 saturated carbocycles. The predicted octanol–water partition coefficient (Wildman–Crippen LogP) is 0.912. The van der Waals surface area contributed by atoms with Crippen LogP contribution in [0.4, 0.5) is 0 Å². The molecule has 0 aromatic heterocycles. The molecule has 0 rings (SSSR count). The third-order valence-electron chi connectivity index (χ3n) is 0.354. The second-order valence-corrected chi connectivity index (χ2v) is 1.56. The van der Waals surface area contributed by atoms with E-state index < -0.39 is 0 Å². The van der Waals surface area contributed by atoms with E-state index in [0.717, 1.165) is 6.42 Å². The molecule has 0 aliphatic rings. The van der Waals surface area contributed by atoms with Crippen LogP contribution in [0.5, 0.6) is 0 Å². The van der Waals surface area contributed by atoms with Gasteiger partial charge in [0, 0.05) is 0 Å². The molecule has 0 aliphatic heterocycles. The summed E-state index contributed by atoms with van der Waals surface area (Å²) in [5.41, 5.74) is 0. The molecule has 0 aliphatic carbocycles. The van der Waals surface area contributed by atoms with Gasteiger partial charge in [-0.05, 0) is 0 Å². The van der Waals surface area contributed by atoms with Gasteiger partial charge in [-0.25, -0.2) is 0 Å². The van der Waals surface area contributed by atoms with Crippen molar-refractivity contribution in [2.45, 2.75) is 19.8 Å². The van der Waals surface area contributed by atoms with Crippen molar-refractivity contribution < 1.29 is 8.48 Å². The third-order valence-corrected chi connectivity index (χ3v) is 0.354. The predicted molar refractivity (Wildman–Crippen MR) is 31.1 cm³/mol. The molecule has 0 fully saturated rings. The van der Waals surface area contributed by atoms with Crippen LogP contribution < -0.4 is 0 Å². The van der Waals surface area contributed by atoms with Crippen molar-refractivity contribution in [1.29, 1.82) is 0 Å². The van der Waals surface area contributed by atoms with Crippen LogP contribution in [-0.2, 0) is 3.22 Å². The molecule has 0 aromatic rings. The summed E-state index contributed by atoms with van der Waals surface area (Å²) in [5.74, 6) is 0. The smallest absolute Gasteiger partial charge is 0.0533 e. The maximum absolute atomic E-state index is 7.13. The first-order valence-electron chi connectivity index (χ1n) is 2.13. The van der Waals surface area contributed by atoms with Crippen molar-refractivity contribution in [3.05, 3.63) is 6.92 Å². The molecular formula is C4H11O2Sn. The summed E-state index contributed by atoms with van der Waals surface area (Å²) in [6.45, 7) is 5.72. The van der Waals surface area contributed by atoms with Gasteiger partial charge in [-0.1, -0.05) is 26.7 Å². The fourth-order valence-corrected chi connectivity index (χ4v) is 0. The summed E-state index contributed by atoms with van der Waals surface area (Å²) in [5, 5.41) is 7.13. The summed E-state index contributed by atoms with van der Waals surface area (Å²) in [6, 6.07) is 0. The van der Waals surface area contributed by atoms with Crippen LogP contribution in [0, 0.1) is 6.92 Å². The fourth-order valence-electron chi connectivity index (χ4n) is 0. The molecule has 1 N–H and O–H groups in total. The van der Waals surface area contributed by atoms with Crippen molar-refractivity contribution in [3.63, 3.8) is 0 Å². The largest absolute Gasteiger partial charge is 0.0654 e. The van der Waals surface area contributed by atoms with Crippen LogP contribution in [0.1, 0.15) is 19.8 Å². The van der Waals surface area contributed by atoms with Gasteiger partial charge in [-0.2, -0.15) is 0 Å². The van der Waals surface area contributed by atoms with E-state index in [4.69, 9.17) is 5.26 Å². The maximum atomic E-state index is 7.13. The van der Waals surface area contributed by atoms with E-state index in [1.54, 1.807) is 0 Å². The van der Waals surface area contributed by atoms with E-state index in [1.165, 1.54) is 6.42 Å². The zero-order valence-electron chi connectivity index (χ0n) is 4.55. The average Bonchev–Trinajstić information content (AvgIpc) is 1.69. The normalized spacial score (nSPS) is 6.86. The summed E-state index contributed by atoms with van der Waals surface area (Å²) in [4.78, 5) is 0. The molecule has 0 atom stereocenters. The molecule has 0 spiro atoms. The minimum atomic E-state index is 0.473. The van der Waals surface area contributed by atoms with Crippen LogP contribution >= 0.6 is 0 Å². The monoisotopic (exact) mass is 211 g/mol. The molecule has 0 aromatic carbocycles. The number of rotatable bonds is 1. The Morgan fingerprint density at radius 2 is 2.00 bits per heavy atom. The molecule has 2 nitrogen and oxygen atoms in total. The van der Waals surface area contributed by atoms with Crippen molar-refractivity contribution in [2.75, 3.05) is 0 Å². The van der Waals surface area contributed by atoms with Gasteiger partial charge in [0.15, 0.2) is 0 Å². The average molecular weight is 210 g/mol. The second kappa shape index (κ2) is 15.9. The molecule has 0 amide bonds. The van der Waals surface area contributed by atoms with Crippen LogP contribution in [0.2, 0.25) is 0 Å². The molecular weight excluding hydrogens is 199 g/mol. The van der Waals surface area contributed by atoms with Gasteiger partial charge < -0.3 is 0 Å². The zero-order valence-corrected chi connectivity index (χ0v) is 7.85. The minimum absolute atomic E-state index is 0.473. The summed E-state index contributed by atoms with van der Waals surface area (Å²) in [7, 11) is 0. The van der Waals surface area contributed by atoms with Gasteiger partial charge in [-0.3, -0.25) is 0 Å². The van der Waals surface area contributed by atoms with Gasteiger partial charge in [0.1, 0.15) is 0 Å². The van der Waals surface area contributed by atoms with E-state index in [-0.39, 0.29) is 0 Å². The second-order valence-electron chi connectivity index (χ2n) is 0.959. The Morgan fingerprint density at radius 3 is 2.00 bits per heavy atom. The topological polar surface area (TPSA) is 29.5 Å². The van der Waals surface area contributed by atoms with Crippen molar-refractivity contribution >= 4 is 22.9 Å². The number of unbranched alkanes of at least 4 members (excludes halogenated alkanes) is 1. The molecule has 0 unspecified atom stereocenters. The van der Waals surface area contributed by atoms with Crippen LogP contribution in [-0.4, -0.2) is 28.2 Å². The minimum Gasteiger partial charge on any atom is -0.0654 e. The van der Waals surface area contributed by atoms with Crippen molar-refractivity contribution in [2.24, 2.45) is 0 Å². The Balaban J connectivity index is 0. The summed E-state index contributed by atoms with van der Waals surface area (Å²) >= 11 is 0.473. The summed E-state index contributed by atoms with van der Waals surface area (Å²) in [6.07, 6.45) is 2.28. The Morgan fingerprint density at radius 1 is 1.86 bits per heavy atom. The molecule has 7 heavy (non-hydrogen) atoms. The summed E-state index contributed by atoms with van der Waals surface area (Å²) < 4.78 is 3.38. The first kappa shape index (κ1) is 10.7.